The van der Waals surface area contributed by atoms with Crippen LogP contribution in [0.25, 0.3) is 0 Å². The SMILES string of the molecule is CC1(C)C2OCCC2C1(N)C(=O)NCc1ccncn1. The van der Waals surface area contributed by atoms with Crippen LogP contribution in [0.4, 0.5) is 0 Å². The van der Waals surface area contributed by atoms with Gasteiger partial charge in [-0.05, 0) is 12.5 Å². The van der Waals surface area contributed by atoms with E-state index in [0.717, 1.165) is 12.1 Å². The highest BCUT2D eigenvalue weighted by atomic mass is 16.5. The molecule has 0 bridgehead atoms. The highest BCUT2D eigenvalue weighted by Crippen LogP contribution is 2.58. The predicted octanol–water partition coefficient (Wildman–Crippen LogP) is 0.235. The van der Waals surface area contributed by atoms with Gasteiger partial charge in [0.15, 0.2) is 0 Å². The molecule has 0 spiro atoms. The molecule has 2 aliphatic rings. The highest BCUT2D eigenvalue weighted by molar-refractivity contribution is 5.89. The molecule has 0 radical (unpaired) electrons. The van der Waals surface area contributed by atoms with Crippen molar-refractivity contribution < 1.29 is 9.53 Å². The molecule has 2 fully saturated rings. The number of hydrogen-bond acceptors (Lipinski definition) is 5. The molecule has 3 rings (SSSR count). The number of ether oxygens (including phenoxy) is 1. The molecule has 1 amide bonds. The molecule has 20 heavy (non-hydrogen) atoms. The van der Waals surface area contributed by atoms with E-state index in [9.17, 15) is 4.79 Å². The molecule has 3 atom stereocenters. The lowest BCUT2D eigenvalue weighted by atomic mass is 9.48. The number of carbonyl (C=O) groups is 1. The van der Waals surface area contributed by atoms with Crippen LogP contribution in [0.1, 0.15) is 26.0 Å². The van der Waals surface area contributed by atoms with Gasteiger partial charge >= 0.3 is 0 Å². The first-order valence-electron chi connectivity index (χ1n) is 6.91. The zero-order valence-corrected chi connectivity index (χ0v) is 11.8. The van der Waals surface area contributed by atoms with Gasteiger partial charge in [-0.1, -0.05) is 13.8 Å². The van der Waals surface area contributed by atoms with E-state index in [1.165, 1.54) is 6.33 Å². The molecule has 2 heterocycles. The number of rotatable bonds is 3. The number of nitrogens with one attached hydrogen (secondary N) is 1. The first-order chi connectivity index (χ1) is 9.48. The van der Waals surface area contributed by atoms with Crippen LogP contribution in [0, 0.1) is 11.3 Å². The van der Waals surface area contributed by atoms with Gasteiger partial charge in [0.05, 0.1) is 18.3 Å². The molecule has 3 N–H and O–H groups in total. The monoisotopic (exact) mass is 276 g/mol. The largest absolute Gasteiger partial charge is 0.377 e. The van der Waals surface area contributed by atoms with Crippen LogP contribution in [0.2, 0.25) is 0 Å². The molecular weight excluding hydrogens is 256 g/mol. The van der Waals surface area contributed by atoms with E-state index in [-0.39, 0.29) is 23.3 Å². The summed E-state index contributed by atoms with van der Waals surface area (Å²) in [6.07, 6.45) is 4.07. The molecule has 1 aromatic heterocycles. The van der Waals surface area contributed by atoms with Gasteiger partial charge in [-0.15, -0.1) is 0 Å². The number of nitrogens with two attached hydrogens (primary N) is 1. The fraction of sp³-hybridized carbons (Fsp3) is 0.643. The number of aromatic nitrogens is 2. The second-order valence-corrected chi connectivity index (χ2v) is 6.16. The van der Waals surface area contributed by atoms with Gasteiger partial charge in [0.2, 0.25) is 5.91 Å². The molecule has 1 aliphatic carbocycles. The minimum Gasteiger partial charge on any atom is -0.377 e. The van der Waals surface area contributed by atoms with Crippen LogP contribution < -0.4 is 11.1 Å². The summed E-state index contributed by atoms with van der Waals surface area (Å²) in [5.41, 5.74) is 6.02. The van der Waals surface area contributed by atoms with Gasteiger partial charge in [0.25, 0.3) is 0 Å². The normalized spacial score (nSPS) is 34.1. The number of hydrogen-bond donors (Lipinski definition) is 2. The van der Waals surface area contributed by atoms with Gasteiger partial charge in [-0.25, -0.2) is 9.97 Å². The Morgan fingerprint density at radius 2 is 2.40 bits per heavy atom. The van der Waals surface area contributed by atoms with Crippen molar-refractivity contribution in [3.8, 4) is 0 Å². The van der Waals surface area contributed by atoms with E-state index in [2.05, 4.69) is 15.3 Å². The summed E-state index contributed by atoms with van der Waals surface area (Å²) >= 11 is 0. The number of nitrogens with zero attached hydrogens (tertiary/aromatic N) is 2. The molecule has 3 unspecified atom stereocenters. The van der Waals surface area contributed by atoms with Gasteiger partial charge in [-0.2, -0.15) is 0 Å². The second-order valence-electron chi connectivity index (χ2n) is 6.16. The zero-order chi connectivity index (χ0) is 14.4. The van der Waals surface area contributed by atoms with Gasteiger partial charge in [0.1, 0.15) is 11.9 Å². The van der Waals surface area contributed by atoms with Crippen molar-refractivity contribution in [3.63, 3.8) is 0 Å². The molecule has 6 nitrogen and oxygen atoms in total. The smallest absolute Gasteiger partial charge is 0.241 e. The van der Waals surface area contributed by atoms with Crippen molar-refractivity contribution in [1.29, 1.82) is 0 Å². The maximum absolute atomic E-state index is 12.5. The average molecular weight is 276 g/mol. The van der Waals surface area contributed by atoms with E-state index in [1.54, 1.807) is 12.3 Å². The van der Waals surface area contributed by atoms with Crippen LogP contribution in [0.5, 0.6) is 0 Å². The summed E-state index contributed by atoms with van der Waals surface area (Å²) in [6, 6.07) is 1.77. The Labute approximate surface area is 118 Å². The van der Waals surface area contributed by atoms with Crippen molar-refractivity contribution in [2.45, 2.75) is 38.5 Å². The third kappa shape index (κ3) is 1.68. The third-order valence-electron chi connectivity index (χ3n) is 4.90. The van der Waals surface area contributed by atoms with Crippen molar-refractivity contribution in [3.05, 3.63) is 24.3 Å². The fourth-order valence-electron chi connectivity index (χ4n) is 3.58. The molecule has 6 heteroatoms. The molecular formula is C14H20N4O2. The maximum Gasteiger partial charge on any atom is 0.241 e. The molecule has 108 valence electrons. The van der Waals surface area contributed by atoms with E-state index < -0.39 is 5.54 Å². The van der Waals surface area contributed by atoms with Crippen molar-refractivity contribution in [2.75, 3.05) is 6.61 Å². The summed E-state index contributed by atoms with van der Waals surface area (Å²) in [4.78, 5) is 20.5. The Morgan fingerprint density at radius 1 is 1.60 bits per heavy atom. The zero-order valence-electron chi connectivity index (χ0n) is 11.8. The third-order valence-corrected chi connectivity index (χ3v) is 4.90. The van der Waals surface area contributed by atoms with E-state index in [0.29, 0.717) is 13.2 Å². The van der Waals surface area contributed by atoms with Crippen LogP contribution >= 0.6 is 0 Å². The average Bonchev–Trinajstić information content (AvgIpc) is 2.93. The lowest BCUT2D eigenvalue weighted by Crippen LogP contribution is -2.80. The summed E-state index contributed by atoms with van der Waals surface area (Å²) in [7, 11) is 0. The summed E-state index contributed by atoms with van der Waals surface area (Å²) in [5, 5.41) is 2.90. The Bertz CT molecular complexity index is 519. The van der Waals surface area contributed by atoms with Gasteiger partial charge in [-0.3, -0.25) is 4.79 Å². The minimum absolute atomic E-state index is 0.0947. The standard InChI is InChI=1S/C14H20N4O2/c1-13(2)11-10(4-6-20-11)14(13,15)12(19)17-7-9-3-5-16-8-18-9/h3,5,8,10-11H,4,6-7,15H2,1-2H3,(H,17,19). The lowest BCUT2D eigenvalue weighted by molar-refractivity contribution is -0.175. The molecule has 1 aromatic rings. The van der Waals surface area contributed by atoms with Crippen LogP contribution in [-0.2, 0) is 16.1 Å². The van der Waals surface area contributed by atoms with E-state index in [4.69, 9.17) is 10.5 Å². The lowest BCUT2D eigenvalue weighted by Gasteiger charge is -2.60. The Balaban J connectivity index is 1.70. The number of fused-ring (bicyclic) bond motifs is 1. The highest BCUT2D eigenvalue weighted by Gasteiger charge is 2.71. The van der Waals surface area contributed by atoms with Crippen LogP contribution in [0.3, 0.4) is 0 Å². The second kappa shape index (κ2) is 4.49. The first-order valence-corrected chi connectivity index (χ1v) is 6.91. The van der Waals surface area contributed by atoms with Gasteiger partial charge < -0.3 is 15.8 Å². The maximum atomic E-state index is 12.5. The molecule has 0 aromatic carbocycles. The first kappa shape index (κ1) is 13.5. The van der Waals surface area contributed by atoms with Crippen molar-refractivity contribution in [2.24, 2.45) is 17.1 Å². The van der Waals surface area contributed by atoms with E-state index >= 15 is 0 Å². The number of carbonyl (C=O) groups excluding carboxylic acids is 1. The Morgan fingerprint density at radius 3 is 3.10 bits per heavy atom. The predicted molar refractivity (Wildman–Crippen MR) is 72.4 cm³/mol. The fourth-order valence-corrected chi connectivity index (χ4v) is 3.58. The minimum atomic E-state index is -0.860. The van der Waals surface area contributed by atoms with E-state index in [1.807, 2.05) is 13.8 Å². The van der Waals surface area contributed by atoms with Crippen LogP contribution in [0.15, 0.2) is 18.6 Å². The van der Waals surface area contributed by atoms with Gasteiger partial charge in [0, 0.05) is 24.1 Å². The summed E-state index contributed by atoms with van der Waals surface area (Å²) in [6.45, 7) is 5.07. The topological polar surface area (TPSA) is 90.1 Å². The summed E-state index contributed by atoms with van der Waals surface area (Å²) in [5.74, 6) is -0.00392. The quantitative estimate of drug-likeness (QED) is 0.825. The number of amides is 1. The molecule has 1 saturated carbocycles. The Hall–Kier alpha value is -1.53. The summed E-state index contributed by atoms with van der Waals surface area (Å²) < 4.78 is 5.69. The molecule has 1 aliphatic heterocycles. The van der Waals surface area contributed by atoms with Crippen molar-refractivity contribution in [1.82, 2.24) is 15.3 Å². The van der Waals surface area contributed by atoms with Crippen LogP contribution in [-0.4, -0.2) is 34.1 Å². The molecule has 1 saturated heterocycles. The Kier molecular flexibility index (Phi) is 3.02. The van der Waals surface area contributed by atoms with Crippen molar-refractivity contribution >= 4 is 5.91 Å².